The molecule has 0 spiro atoms. The van der Waals surface area contributed by atoms with Gasteiger partial charge >= 0.3 is 0 Å². The van der Waals surface area contributed by atoms with Crippen LogP contribution < -0.4 is 5.73 Å². The van der Waals surface area contributed by atoms with Gasteiger partial charge in [-0.1, -0.05) is 6.07 Å². The maximum atomic E-state index is 5.84. The number of halogens is 1. The van der Waals surface area contributed by atoms with Crippen LogP contribution in [0.1, 0.15) is 0 Å². The van der Waals surface area contributed by atoms with Crippen LogP contribution in [0.3, 0.4) is 0 Å². The van der Waals surface area contributed by atoms with E-state index in [0.29, 0.717) is 5.82 Å². The number of hydrogen-bond acceptors (Lipinski definition) is 3. The summed E-state index contributed by atoms with van der Waals surface area (Å²) in [7, 11) is 0. The monoisotopic (exact) mass is 315 g/mol. The third-order valence-electron chi connectivity index (χ3n) is 2.19. The average molecular weight is 315 g/mol. The Labute approximate surface area is 97.4 Å². The van der Waals surface area contributed by atoms with Crippen molar-refractivity contribution >= 4 is 60.0 Å². The molecule has 0 aliphatic carbocycles. The molecule has 0 bridgehead atoms. The first kappa shape index (κ1) is 8.49. The number of nitrogens with one attached hydrogen (secondary N) is 1. The summed E-state index contributed by atoms with van der Waals surface area (Å²) in [5, 5.41) is 9.26. The minimum atomic E-state index is 0.662. The van der Waals surface area contributed by atoms with Gasteiger partial charge in [0.2, 0.25) is 0 Å². The molecular weight excluding hydrogens is 309 g/mol. The van der Waals surface area contributed by atoms with E-state index >= 15 is 0 Å². The van der Waals surface area contributed by atoms with E-state index in [1.807, 2.05) is 0 Å². The van der Waals surface area contributed by atoms with Crippen LogP contribution in [-0.4, -0.2) is 10.2 Å². The summed E-state index contributed by atoms with van der Waals surface area (Å²) >= 11 is 4.00. The number of nitrogens with zero attached hydrogens (tertiary/aromatic N) is 1. The average Bonchev–Trinajstić information content (AvgIpc) is 2.67. The van der Waals surface area contributed by atoms with E-state index in [0.717, 1.165) is 10.2 Å². The summed E-state index contributed by atoms with van der Waals surface area (Å²) in [6.07, 6.45) is 0. The van der Waals surface area contributed by atoms with Gasteiger partial charge in [0.1, 0.15) is 10.6 Å². The number of hydrogen-bond donors (Lipinski definition) is 2. The molecule has 0 fully saturated rings. The largest absolute Gasteiger partial charge is 0.384 e. The third kappa shape index (κ3) is 0.992. The topological polar surface area (TPSA) is 54.7 Å². The van der Waals surface area contributed by atoms with Crippen molar-refractivity contribution in [1.29, 1.82) is 0 Å². The van der Waals surface area contributed by atoms with Gasteiger partial charge in [0.15, 0.2) is 0 Å². The predicted molar refractivity (Wildman–Crippen MR) is 68.6 cm³/mol. The van der Waals surface area contributed by atoms with Crippen molar-refractivity contribution in [3.8, 4) is 0 Å². The molecule has 3 N–H and O–H groups in total. The highest BCUT2D eigenvalue weighted by molar-refractivity contribution is 14.1. The molecule has 0 aliphatic heterocycles. The van der Waals surface area contributed by atoms with Crippen molar-refractivity contribution in [3.63, 3.8) is 0 Å². The maximum absolute atomic E-state index is 5.84. The summed E-state index contributed by atoms with van der Waals surface area (Å²) in [5.74, 6) is 0.662. The lowest BCUT2D eigenvalue weighted by Gasteiger charge is -1.93. The van der Waals surface area contributed by atoms with Crippen LogP contribution in [0.4, 0.5) is 5.82 Å². The molecular formula is C9H6IN3S. The first-order chi connectivity index (χ1) is 6.77. The zero-order valence-electron chi connectivity index (χ0n) is 7.04. The van der Waals surface area contributed by atoms with Gasteiger partial charge in [-0.3, -0.25) is 5.10 Å². The highest BCUT2D eigenvalue weighted by Crippen LogP contribution is 2.37. The second kappa shape index (κ2) is 2.83. The standard InChI is InChI=1S/C9H6IN3S/c10-4-2-1-3-5-6(4)7-8(11)12-13-9(7)14-5/h1-3H,(H3,11,12,13). The number of anilines is 1. The number of thiophene rings is 1. The molecule has 0 aliphatic rings. The molecule has 3 nitrogen and oxygen atoms in total. The van der Waals surface area contributed by atoms with Gasteiger partial charge in [0.25, 0.3) is 0 Å². The highest BCUT2D eigenvalue weighted by Gasteiger charge is 2.12. The fourth-order valence-corrected chi connectivity index (χ4v) is 3.61. The van der Waals surface area contributed by atoms with Crippen molar-refractivity contribution in [1.82, 2.24) is 10.2 Å². The second-order valence-electron chi connectivity index (χ2n) is 3.03. The normalized spacial score (nSPS) is 11.5. The molecule has 14 heavy (non-hydrogen) atoms. The lowest BCUT2D eigenvalue weighted by atomic mass is 10.2. The van der Waals surface area contributed by atoms with Crippen LogP contribution in [-0.2, 0) is 0 Å². The van der Waals surface area contributed by atoms with Crippen LogP contribution in [0.5, 0.6) is 0 Å². The number of fused-ring (bicyclic) bond motifs is 3. The van der Waals surface area contributed by atoms with E-state index in [-0.39, 0.29) is 0 Å². The highest BCUT2D eigenvalue weighted by atomic mass is 127. The Hall–Kier alpha value is -0.820. The molecule has 3 aromatic rings. The number of nitrogen functional groups attached to an aromatic ring is 1. The van der Waals surface area contributed by atoms with E-state index in [2.05, 4.69) is 51.0 Å². The number of rotatable bonds is 0. The third-order valence-corrected chi connectivity index (χ3v) is 4.14. The molecule has 0 unspecified atom stereocenters. The lowest BCUT2D eigenvalue weighted by Crippen LogP contribution is -1.84. The van der Waals surface area contributed by atoms with Gasteiger partial charge in [-0.2, -0.15) is 5.10 Å². The van der Waals surface area contributed by atoms with E-state index < -0.39 is 0 Å². The summed E-state index contributed by atoms with van der Waals surface area (Å²) < 4.78 is 2.47. The number of H-pyrrole nitrogens is 1. The van der Waals surface area contributed by atoms with Gasteiger partial charge < -0.3 is 5.73 Å². The number of aromatic nitrogens is 2. The zero-order chi connectivity index (χ0) is 9.71. The minimum Gasteiger partial charge on any atom is -0.384 e. The molecule has 0 amide bonds. The molecule has 0 atom stereocenters. The zero-order valence-corrected chi connectivity index (χ0v) is 10.0. The summed E-state index contributed by atoms with van der Waals surface area (Å²) in [6, 6.07) is 6.24. The summed E-state index contributed by atoms with van der Waals surface area (Å²) in [4.78, 5) is 0.988. The summed E-state index contributed by atoms with van der Waals surface area (Å²) in [5.41, 5.74) is 5.84. The van der Waals surface area contributed by atoms with Crippen LogP contribution in [0.15, 0.2) is 18.2 Å². The van der Waals surface area contributed by atoms with Crippen molar-refractivity contribution in [3.05, 3.63) is 21.8 Å². The van der Waals surface area contributed by atoms with Gasteiger partial charge in [-0.15, -0.1) is 11.3 Å². The quantitative estimate of drug-likeness (QED) is 0.627. The van der Waals surface area contributed by atoms with Crippen LogP contribution in [0, 0.1) is 3.57 Å². The van der Waals surface area contributed by atoms with Crippen molar-refractivity contribution < 1.29 is 0 Å². The first-order valence-electron chi connectivity index (χ1n) is 4.08. The Kier molecular flexibility index (Phi) is 1.72. The summed E-state index contributed by atoms with van der Waals surface area (Å²) in [6.45, 7) is 0. The van der Waals surface area contributed by atoms with Crippen LogP contribution in [0.2, 0.25) is 0 Å². The van der Waals surface area contributed by atoms with Gasteiger partial charge in [-0.25, -0.2) is 0 Å². The SMILES string of the molecule is Nc1[nH]nc2sc3cccc(I)c3c12. The Morgan fingerprint density at radius 1 is 1.36 bits per heavy atom. The molecule has 5 heteroatoms. The van der Waals surface area contributed by atoms with Crippen molar-refractivity contribution in [2.24, 2.45) is 0 Å². The maximum Gasteiger partial charge on any atom is 0.148 e. The van der Waals surface area contributed by atoms with E-state index in [4.69, 9.17) is 5.73 Å². The van der Waals surface area contributed by atoms with Crippen LogP contribution in [0.25, 0.3) is 20.3 Å². The Morgan fingerprint density at radius 3 is 3.07 bits per heavy atom. The lowest BCUT2D eigenvalue weighted by molar-refractivity contribution is 1.13. The molecule has 0 saturated carbocycles. The molecule has 0 radical (unpaired) electrons. The smallest absolute Gasteiger partial charge is 0.148 e. The predicted octanol–water partition coefficient (Wildman–Crippen LogP) is 2.96. The Balaban J connectivity index is 2.68. The minimum absolute atomic E-state index is 0.662. The second-order valence-corrected chi connectivity index (χ2v) is 5.23. The van der Waals surface area contributed by atoms with E-state index in [9.17, 15) is 0 Å². The van der Waals surface area contributed by atoms with Gasteiger partial charge in [-0.05, 0) is 34.7 Å². The molecule has 0 saturated heterocycles. The van der Waals surface area contributed by atoms with Gasteiger partial charge in [0, 0.05) is 13.7 Å². The fraction of sp³-hybridized carbons (Fsp3) is 0. The first-order valence-corrected chi connectivity index (χ1v) is 5.97. The fourth-order valence-electron chi connectivity index (χ4n) is 1.59. The molecule has 1 aromatic carbocycles. The van der Waals surface area contributed by atoms with E-state index in [1.54, 1.807) is 11.3 Å². The number of nitrogens with two attached hydrogens (primary N) is 1. The number of aromatic amines is 1. The van der Waals surface area contributed by atoms with Crippen molar-refractivity contribution in [2.75, 3.05) is 5.73 Å². The molecule has 3 rings (SSSR count). The van der Waals surface area contributed by atoms with Crippen LogP contribution >= 0.6 is 33.9 Å². The van der Waals surface area contributed by atoms with E-state index in [1.165, 1.54) is 13.7 Å². The molecule has 2 heterocycles. The number of benzene rings is 1. The van der Waals surface area contributed by atoms with Crippen molar-refractivity contribution in [2.45, 2.75) is 0 Å². The Morgan fingerprint density at radius 2 is 2.21 bits per heavy atom. The molecule has 70 valence electrons. The Bertz CT molecular complexity index is 625. The van der Waals surface area contributed by atoms with Gasteiger partial charge in [0.05, 0.1) is 5.39 Å². The molecule has 2 aromatic heterocycles.